The maximum atomic E-state index is 12.6. The Morgan fingerprint density at radius 2 is 2.19 bits per heavy atom. The molecule has 1 aromatic heterocycles. The van der Waals surface area contributed by atoms with Crippen LogP contribution in [0.1, 0.15) is 36.9 Å². The number of nitrogens with zero attached hydrogens (tertiary/aromatic N) is 2. The third-order valence-corrected chi connectivity index (χ3v) is 3.82. The Bertz CT molecular complexity index is 647. The summed E-state index contributed by atoms with van der Waals surface area (Å²) in [5.41, 5.74) is 2.31. The second-order valence-electron chi connectivity index (χ2n) is 5.63. The van der Waals surface area contributed by atoms with Gasteiger partial charge in [-0.15, -0.1) is 0 Å². The van der Waals surface area contributed by atoms with E-state index in [1.54, 1.807) is 6.20 Å². The largest absolute Gasteiger partial charge is 0.312 e. The number of rotatable bonds is 3. The van der Waals surface area contributed by atoms with E-state index < -0.39 is 0 Å². The number of carbonyl (C=O) groups is 1. The van der Waals surface area contributed by atoms with Crippen LogP contribution in [0.4, 0.5) is 5.82 Å². The van der Waals surface area contributed by atoms with Crippen LogP contribution in [-0.4, -0.2) is 22.2 Å². The van der Waals surface area contributed by atoms with E-state index in [0.29, 0.717) is 6.54 Å². The zero-order valence-corrected chi connectivity index (χ0v) is 12.3. The van der Waals surface area contributed by atoms with Gasteiger partial charge in [0.2, 0.25) is 5.91 Å². The Morgan fingerprint density at radius 3 is 3.00 bits per heavy atom. The van der Waals surface area contributed by atoms with Crippen molar-refractivity contribution in [3.05, 3.63) is 47.7 Å². The summed E-state index contributed by atoms with van der Waals surface area (Å²) in [6.07, 6.45) is 1.71. The zero-order valence-electron chi connectivity index (χ0n) is 12.3. The van der Waals surface area contributed by atoms with E-state index in [9.17, 15) is 4.79 Å². The van der Waals surface area contributed by atoms with E-state index in [4.69, 9.17) is 0 Å². The van der Waals surface area contributed by atoms with E-state index in [1.165, 1.54) is 5.56 Å². The fourth-order valence-electron chi connectivity index (χ4n) is 2.77. The quantitative estimate of drug-likeness (QED) is 0.909. The summed E-state index contributed by atoms with van der Waals surface area (Å²) in [7, 11) is 0. The molecule has 5 heteroatoms. The van der Waals surface area contributed by atoms with Crippen LogP contribution in [0.15, 0.2) is 36.5 Å². The van der Waals surface area contributed by atoms with Crippen LogP contribution in [0.3, 0.4) is 0 Å². The van der Waals surface area contributed by atoms with Crippen LogP contribution in [0, 0.1) is 0 Å². The molecule has 0 saturated heterocycles. The molecule has 0 spiro atoms. The van der Waals surface area contributed by atoms with Gasteiger partial charge in [-0.1, -0.05) is 24.3 Å². The number of anilines is 1. The number of benzene rings is 1. The number of amides is 1. The van der Waals surface area contributed by atoms with Gasteiger partial charge in [0.15, 0.2) is 0 Å². The molecule has 1 aliphatic rings. The average Bonchev–Trinajstić information content (AvgIpc) is 2.95. The molecule has 0 saturated carbocycles. The molecule has 3 rings (SSSR count). The van der Waals surface area contributed by atoms with E-state index in [1.807, 2.05) is 42.8 Å². The summed E-state index contributed by atoms with van der Waals surface area (Å²) in [6, 6.07) is 10.2. The topological polar surface area (TPSA) is 59.0 Å². The lowest BCUT2D eigenvalue weighted by atomic mass is 9.90. The van der Waals surface area contributed by atoms with Gasteiger partial charge in [-0.05, 0) is 25.0 Å². The standard InChI is InChI=1S/C16H20N4O/c1-11(2)20-15(7-8-18-20)19-16(21)14-10-17-9-12-5-3-4-6-13(12)14/h3-8,11,14,17H,9-10H2,1-2H3,(H,19,21). The first kappa shape index (κ1) is 13.8. The van der Waals surface area contributed by atoms with Crippen LogP contribution in [0.2, 0.25) is 0 Å². The second kappa shape index (κ2) is 5.69. The first-order valence-corrected chi connectivity index (χ1v) is 7.29. The SMILES string of the molecule is CC(C)n1nccc1NC(=O)C1CNCc2ccccc21. The van der Waals surface area contributed by atoms with Crippen molar-refractivity contribution in [1.82, 2.24) is 15.1 Å². The zero-order chi connectivity index (χ0) is 14.8. The molecule has 1 atom stereocenters. The van der Waals surface area contributed by atoms with Crippen molar-refractivity contribution in [3.8, 4) is 0 Å². The molecular formula is C16H20N4O. The normalized spacial score (nSPS) is 17.6. The van der Waals surface area contributed by atoms with Crippen molar-refractivity contribution >= 4 is 11.7 Å². The first-order chi connectivity index (χ1) is 10.2. The van der Waals surface area contributed by atoms with E-state index in [2.05, 4.69) is 21.8 Å². The van der Waals surface area contributed by atoms with Crippen LogP contribution < -0.4 is 10.6 Å². The maximum absolute atomic E-state index is 12.6. The first-order valence-electron chi connectivity index (χ1n) is 7.29. The Kier molecular flexibility index (Phi) is 3.75. The predicted molar refractivity (Wildman–Crippen MR) is 82.1 cm³/mol. The molecular weight excluding hydrogens is 264 g/mol. The van der Waals surface area contributed by atoms with Crippen molar-refractivity contribution in [3.63, 3.8) is 0 Å². The fraction of sp³-hybridized carbons (Fsp3) is 0.375. The lowest BCUT2D eigenvalue weighted by Gasteiger charge is -2.25. The van der Waals surface area contributed by atoms with Gasteiger partial charge >= 0.3 is 0 Å². The number of carbonyl (C=O) groups excluding carboxylic acids is 1. The molecule has 0 radical (unpaired) electrons. The Balaban J connectivity index is 1.82. The molecule has 1 aliphatic heterocycles. The summed E-state index contributed by atoms with van der Waals surface area (Å²) in [5, 5.41) is 10.6. The summed E-state index contributed by atoms with van der Waals surface area (Å²) in [6.45, 7) is 5.57. The highest BCUT2D eigenvalue weighted by Crippen LogP contribution is 2.25. The molecule has 1 aromatic carbocycles. The van der Waals surface area contributed by atoms with Gasteiger partial charge < -0.3 is 10.6 Å². The smallest absolute Gasteiger partial charge is 0.234 e. The summed E-state index contributed by atoms with van der Waals surface area (Å²) >= 11 is 0. The molecule has 2 aromatic rings. The van der Waals surface area contributed by atoms with Gasteiger partial charge in [0.05, 0.1) is 12.1 Å². The molecule has 2 N–H and O–H groups in total. The van der Waals surface area contributed by atoms with Gasteiger partial charge in [0.1, 0.15) is 5.82 Å². The highest BCUT2D eigenvalue weighted by molar-refractivity contribution is 5.95. The molecule has 1 unspecified atom stereocenters. The molecule has 1 amide bonds. The van der Waals surface area contributed by atoms with E-state index in [-0.39, 0.29) is 17.9 Å². The minimum atomic E-state index is -0.162. The van der Waals surface area contributed by atoms with Crippen molar-refractivity contribution in [2.45, 2.75) is 32.4 Å². The summed E-state index contributed by atoms with van der Waals surface area (Å²) in [5.74, 6) is 0.598. The van der Waals surface area contributed by atoms with Crippen molar-refractivity contribution < 1.29 is 4.79 Å². The Hall–Kier alpha value is -2.14. The fourth-order valence-corrected chi connectivity index (χ4v) is 2.77. The number of fused-ring (bicyclic) bond motifs is 1. The minimum absolute atomic E-state index is 0.0112. The van der Waals surface area contributed by atoms with Crippen molar-refractivity contribution in [1.29, 1.82) is 0 Å². The average molecular weight is 284 g/mol. The van der Waals surface area contributed by atoms with Gasteiger partial charge in [-0.3, -0.25) is 4.79 Å². The third kappa shape index (κ3) is 2.69. The monoisotopic (exact) mass is 284 g/mol. The predicted octanol–water partition coefficient (Wildman–Crippen LogP) is 2.29. The molecule has 0 bridgehead atoms. The van der Waals surface area contributed by atoms with E-state index in [0.717, 1.165) is 17.9 Å². The molecule has 5 nitrogen and oxygen atoms in total. The lowest BCUT2D eigenvalue weighted by Crippen LogP contribution is -2.35. The lowest BCUT2D eigenvalue weighted by molar-refractivity contribution is -0.117. The summed E-state index contributed by atoms with van der Waals surface area (Å²) in [4.78, 5) is 12.6. The second-order valence-corrected chi connectivity index (χ2v) is 5.63. The number of hydrogen-bond donors (Lipinski definition) is 2. The molecule has 21 heavy (non-hydrogen) atoms. The van der Waals surface area contributed by atoms with Gasteiger partial charge in [0, 0.05) is 25.2 Å². The summed E-state index contributed by atoms with van der Waals surface area (Å²) < 4.78 is 1.82. The van der Waals surface area contributed by atoms with Gasteiger partial charge in [-0.25, -0.2) is 4.68 Å². The highest BCUT2D eigenvalue weighted by Gasteiger charge is 2.26. The number of hydrogen-bond acceptors (Lipinski definition) is 3. The number of nitrogens with one attached hydrogen (secondary N) is 2. The van der Waals surface area contributed by atoms with Crippen LogP contribution in [0.5, 0.6) is 0 Å². The van der Waals surface area contributed by atoms with Crippen molar-refractivity contribution in [2.24, 2.45) is 0 Å². The highest BCUT2D eigenvalue weighted by atomic mass is 16.2. The Morgan fingerprint density at radius 1 is 1.38 bits per heavy atom. The molecule has 2 heterocycles. The third-order valence-electron chi connectivity index (χ3n) is 3.82. The van der Waals surface area contributed by atoms with Crippen LogP contribution in [0.25, 0.3) is 0 Å². The van der Waals surface area contributed by atoms with Crippen LogP contribution >= 0.6 is 0 Å². The number of aromatic nitrogens is 2. The molecule has 110 valence electrons. The molecule has 0 aliphatic carbocycles. The maximum Gasteiger partial charge on any atom is 0.234 e. The Labute approximate surface area is 124 Å². The van der Waals surface area contributed by atoms with Gasteiger partial charge in [0.25, 0.3) is 0 Å². The van der Waals surface area contributed by atoms with E-state index >= 15 is 0 Å². The van der Waals surface area contributed by atoms with Crippen LogP contribution in [-0.2, 0) is 11.3 Å². The molecule has 0 fully saturated rings. The minimum Gasteiger partial charge on any atom is -0.312 e. The van der Waals surface area contributed by atoms with Crippen molar-refractivity contribution in [2.75, 3.05) is 11.9 Å². The van der Waals surface area contributed by atoms with Gasteiger partial charge in [-0.2, -0.15) is 5.10 Å².